The van der Waals surface area contributed by atoms with Crippen LogP contribution in [0.25, 0.3) is 0 Å². The quantitative estimate of drug-likeness (QED) is 0.752. The first kappa shape index (κ1) is 18.3. The van der Waals surface area contributed by atoms with Crippen LogP contribution in [-0.4, -0.2) is 55.8 Å². The maximum atomic E-state index is 13.0. The summed E-state index contributed by atoms with van der Waals surface area (Å²) in [6.45, 7) is 1.91. The van der Waals surface area contributed by atoms with Gasteiger partial charge < -0.3 is 23.8 Å². The van der Waals surface area contributed by atoms with E-state index in [0.717, 1.165) is 0 Å². The molecule has 4 rings (SSSR count). The van der Waals surface area contributed by atoms with Gasteiger partial charge in [0.25, 0.3) is 5.91 Å². The topological polar surface area (TPSA) is 74.3 Å². The highest BCUT2D eigenvalue weighted by molar-refractivity contribution is 5.86. The Morgan fingerprint density at radius 2 is 1.64 bits per heavy atom. The summed E-state index contributed by atoms with van der Waals surface area (Å²) in [7, 11) is 0. The number of fused-ring (bicyclic) bond motifs is 1. The number of esters is 1. The Kier molecular flexibility index (Phi) is 5.43. The van der Waals surface area contributed by atoms with E-state index in [2.05, 4.69) is 0 Å². The van der Waals surface area contributed by atoms with Crippen LogP contribution >= 0.6 is 0 Å². The lowest BCUT2D eigenvalue weighted by atomic mass is 10.1. The molecule has 2 atom stereocenters. The number of rotatable bonds is 4. The van der Waals surface area contributed by atoms with E-state index < -0.39 is 18.2 Å². The first-order valence-electron chi connectivity index (χ1n) is 9.23. The smallest absolute Gasteiger partial charge is 0.352 e. The molecule has 1 fully saturated rings. The van der Waals surface area contributed by atoms with Crippen molar-refractivity contribution in [3.8, 4) is 11.5 Å². The number of amides is 1. The van der Waals surface area contributed by atoms with Crippen LogP contribution in [0.3, 0.4) is 0 Å². The molecule has 2 aromatic carbocycles. The molecule has 0 N–H and O–H groups in total. The Bertz CT molecular complexity index is 834. The second-order valence-corrected chi connectivity index (χ2v) is 6.53. The fraction of sp³-hybridized carbons (Fsp3) is 0.333. The van der Waals surface area contributed by atoms with E-state index in [1.807, 2.05) is 12.1 Å². The SMILES string of the molecule is O=C(O[C@H](C(=O)N1CCOCC1)c1ccccc1)[C@@H]1COc2ccccc2O1. The fourth-order valence-electron chi connectivity index (χ4n) is 3.17. The van der Waals surface area contributed by atoms with Crippen molar-refractivity contribution >= 4 is 11.9 Å². The Morgan fingerprint density at radius 3 is 2.39 bits per heavy atom. The van der Waals surface area contributed by atoms with Gasteiger partial charge in [-0.3, -0.25) is 4.79 Å². The lowest BCUT2D eigenvalue weighted by Gasteiger charge is -2.31. The van der Waals surface area contributed by atoms with Gasteiger partial charge in [-0.05, 0) is 12.1 Å². The van der Waals surface area contributed by atoms with E-state index in [1.54, 1.807) is 47.4 Å². The zero-order valence-electron chi connectivity index (χ0n) is 15.3. The standard InChI is InChI=1S/C21H21NO6/c23-20(22-10-12-25-13-11-22)19(15-6-2-1-3-7-15)28-21(24)18-14-26-16-8-4-5-9-17(16)27-18/h1-9,18-19H,10-14H2/t18-,19-/m0/s1. The second kappa shape index (κ2) is 8.31. The number of morpholine rings is 1. The number of benzene rings is 2. The summed E-state index contributed by atoms with van der Waals surface area (Å²) in [5.41, 5.74) is 0.615. The molecule has 2 aliphatic rings. The molecule has 0 saturated carbocycles. The van der Waals surface area contributed by atoms with Crippen LogP contribution in [0.4, 0.5) is 0 Å². The van der Waals surface area contributed by atoms with Crippen molar-refractivity contribution in [2.75, 3.05) is 32.9 Å². The van der Waals surface area contributed by atoms with Crippen LogP contribution in [0.15, 0.2) is 54.6 Å². The Labute approximate surface area is 162 Å². The number of carbonyl (C=O) groups excluding carboxylic acids is 2. The average Bonchev–Trinajstić information content (AvgIpc) is 2.77. The molecule has 0 aliphatic carbocycles. The minimum atomic E-state index is -1.03. The largest absolute Gasteiger partial charge is 0.485 e. The molecule has 2 aliphatic heterocycles. The van der Waals surface area contributed by atoms with Crippen LogP contribution in [0, 0.1) is 0 Å². The molecular weight excluding hydrogens is 362 g/mol. The second-order valence-electron chi connectivity index (χ2n) is 6.53. The highest BCUT2D eigenvalue weighted by atomic mass is 16.6. The van der Waals surface area contributed by atoms with Gasteiger partial charge in [0.2, 0.25) is 12.2 Å². The molecule has 7 heteroatoms. The lowest BCUT2D eigenvalue weighted by molar-refractivity contribution is -0.170. The molecule has 28 heavy (non-hydrogen) atoms. The van der Waals surface area contributed by atoms with Crippen LogP contribution in [0.2, 0.25) is 0 Å². The van der Waals surface area contributed by atoms with Gasteiger partial charge in [-0.1, -0.05) is 42.5 Å². The number of hydrogen-bond acceptors (Lipinski definition) is 6. The minimum absolute atomic E-state index is 0.0309. The normalized spacial score (nSPS) is 19.6. The summed E-state index contributed by atoms with van der Waals surface area (Å²) in [5, 5.41) is 0. The van der Waals surface area contributed by atoms with E-state index in [-0.39, 0.29) is 12.5 Å². The number of para-hydroxylation sites is 2. The van der Waals surface area contributed by atoms with E-state index >= 15 is 0 Å². The highest BCUT2D eigenvalue weighted by Crippen LogP contribution is 2.32. The van der Waals surface area contributed by atoms with Crippen molar-refractivity contribution in [2.24, 2.45) is 0 Å². The van der Waals surface area contributed by atoms with Gasteiger partial charge in [0.05, 0.1) is 13.2 Å². The molecule has 146 valence electrons. The molecule has 2 aromatic rings. The summed E-state index contributed by atoms with van der Waals surface area (Å²) >= 11 is 0. The Balaban J connectivity index is 1.51. The number of carbonyl (C=O) groups is 2. The van der Waals surface area contributed by atoms with Crippen LogP contribution in [0.1, 0.15) is 11.7 Å². The van der Waals surface area contributed by atoms with E-state index in [0.29, 0.717) is 43.4 Å². The highest BCUT2D eigenvalue weighted by Gasteiger charge is 2.35. The molecule has 7 nitrogen and oxygen atoms in total. The minimum Gasteiger partial charge on any atom is -0.485 e. The number of nitrogens with zero attached hydrogens (tertiary/aromatic N) is 1. The molecule has 0 spiro atoms. The lowest BCUT2D eigenvalue weighted by Crippen LogP contribution is -2.45. The predicted molar refractivity (Wildman–Crippen MR) is 99.0 cm³/mol. The molecule has 2 heterocycles. The Hall–Kier alpha value is -3.06. The third kappa shape index (κ3) is 3.94. The van der Waals surface area contributed by atoms with Gasteiger partial charge in [-0.15, -0.1) is 0 Å². The molecule has 1 saturated heterocycles. The van der Waals surface area contributed by atoms with Gasteiger partial charge in [-0.25, -0.2) is 4.79 Å². The Morgan fingerprint density at radius 1 is 0.964 bits per heavy atom. The zero-order chi connectivity index (χ0) is 19.3. The van der Waals surface area contributed by atoms with Crippen molar-refractivity contribution in [1.29, 1.82) is 0 Å². The first-order valence-corrected chi connectivity index (χ1v) is 9.23. The van der Waals surface area contributed by atoms with Gasteiger partial charge in [0, 0.05) is 18.7 Å². The zero-order valence-corrected chi connectivity index (χ0v) is 15.3. The van der Waals surface area contributed by atoms with Crippen molar-refractivity contribution in [3.63, 3.8) is 0 Å². The van der Waals surface area contributed by atoms with E-state index in [9.17, 15) is 9.59 Å². The predicted octanol–water partition coefficient (Wildman–Crippen LogP) is 1.97. The van der Waals surface area contributed by atoms with Crippen molar-refractivity contribution in [1.82, 2.24) is 4.90 Å². The molecule has 0 unspecified atom stereocenters. The number of ether oxygens (including phenoxy) is 4. The van der Waals surface area contributed by atoms with Crippen LogP contribution < -0.4 is 9.47 Å². The van der Waals surface area contributed by atoms with Gasteiger partial charge >= 0.3 is 5.97 Å². The first-order chi connectivity index (χ1) is 13.7. The molecule has 0 aromatic heterocycles. The maximum absolute atomic E-state index is 13.0. The van der Waals surface area contributed by atoms with Gasteiger partial charge in [0.1, 0.15) is 6.61 Å². The van der Waals surface area contributed by atoms with Crippen molar-refractivity contribution in [3.05, 3.63) is 60.2 Å². The van der Waals surface area contributed by atoms with Crippen molar-refractivity contribution in [2.45, 2.75) is 12.2 Å². The molecular formula is C21H21NO6. The van der Waals surface area contributed by atoms with E-state index in [1.165, 1.54) is 0 Å². The summed E-state index contributed by atoms with van der Waals surface area (Å²) in [6, 6.07) is 16.1. The molecule has 0 bridgehead atoms. The van der Waals surface area contributed by atoms with Crippen molar-refractivity contribution < 1.29 is 28.5 Å². The maximum Gasteiger partial charge on any atom is 0.352 e. The van der Waals surface area contributed by atoms with Crippen LogP contribution in [-0.2, 0) is 19.1 Å². The third-order valence-corrected chi connectivity index (χ3v) is 4.65. The third-order valence-electron chi connectivity index (χ3n) is 4.65. The summed E-state index contributed by atoms with van der Waals surface area (Å²) in [6.07, 6.45) is -1.97. The van der Waals surface area contributed by atoms with Gasteiger partial charge in [-0.2, -0.15) is 0 Å². The van der Waals surface area contributed by atoms with E-state index in [4.69, 9.17) is 18.9 Å². The van der Waals surface area contributed by atoms with Gasteiger partial charge in [0.15, 0.2) is 11.5 Å². The average molecular weight is 383 g/mol. The molecule has 1 amide bonds. The number of hydrogen-bond donors (Lipinski definition) is 0. The monoisotopic (exact) mass is 383 g/mol. The summed E-state index contributed by atoms with van der Waals surface area (Å²) < 4.78 is 22.2. The fourth-order valence-corrected chi connectivity index (χ4v) is 3.17. The summed E-state index contributed by atoms with van der Waals surface area (Å²) in [4.78, 5) is 27.4. The molecule has 0 radical (unpaired) electrons. The summed E-state index contributed by atoms with van der Waals surface area (Å²) in [5.74, 6) is 0.159. The van der Waals surface area contributed by atoms with Crippen LogP contribution in [0.5, 0.6) is 11.5 Å².